The Balaban J connectivity index is 1.19. The lowest BCUT2D eigenvalue weighted by Crippen LogP contribution is -2.44. The lowest BCUT2D eigenvalue weighted by Gasteiger charge is -2.33. The first-order valence-electron chi connectivity index (χ1n) is 13.5. The van der Waals surface area contributed by atoms with Crippen LogP contribution < -0.4 is 20.7 Å². The van der Waals surface area contributed by atoms with E-state index >= 15 is 0 Å². The number of H-pyrrole nitrogens is 1. The van der Waals surface area contributed by atoms with E-state index < -0.39 is 0 Å². The SMILES string of the molecule is N[C@H]1CCC[C@H]1NC(=O)c1cc(N2CCC(c3c[nH]c4ncccc34)CC2)nc(OC[C@H]2CCCO2)n1. The summed E-state index contributed by atoms with van der Waals surface area (Å²) in [4.78, 5) is 32.3. The van der Waals surface area contributed by atoms with Gasteiger partial charge in [-0.05, 0) is 68.6 Å². The Hall–Kier alpha value is -3.24. The molecule has 37 heavy (non-hydrogen) atoms. The topological polar surface area (TPSA) is 131 Å². The number of anilines is 1. The van der Waals surface area contributed by atoms with Crippen molar-refractivity contribution in [2.45, 2.75) is 69.1 Å². The molecule has 5 heterocycles. The number of carbonyl (C=O) groups is 1. The van der Waals surface area contributed by atoms with E-state index in [1.54, 1.807) is 6.07 Å². The van der Waals surface area contributed by atoms with Crippen LogP contribution in [0.25, 0.3) is 11.0 Å². The van der Waals surface area contributed by atoms with Crippen molar-refractivity contribution in [3.63, 3.8) is 0 Å². The Morgan fingerprint density at radius 2 is 2.08 bits per heavy atom. The summed E-state index contributed by atoms with van der Waals surface area (Å²) < 4.78 is 11.6. The predicted octanol–water partition coefficient (Wildman–Crippen LogP) is 2.90. The number of aromatic nitrogens is 4. The number of pyridine rings is 1. The lowest BCUT2D eigenvalue weighted by atomic mass is 9.89. The van der Waals surface area contributed by atoms with Crippen molar-refractivity contribution in [1.29, 1.82) is 0 Å². The highest BCUT2D eigenvalue weighted by atomic mass is 16.5. The van der Waals surface area contributed by atoms with Crippen molar-refractivity contribution in [2.24, 2.45) is 5.73 Å². The number of piperidine rings is 1. The van der Waals surface area contributed by atoms with Gasteiger partial charge in [0.05, 0.1) is 6.10 Å². The summed E-state index contributed by atoms with van der Waals surface area (Å²) in [5.74, 6) is 0.935. The number of ether oxygens (including phenoxy) is 2. The maximum absolute atomic E-state index is 13.2. The molecule has 3 fully saturated rings. The van der Waals surface area contributed by atoms with E-state index in [-0.39, 0.29) is 30.1 Å². The van der Waals surface area contributed by atoms with E-state index in [2.05, 4.69) is 37.4 Å². The zero-order valence-electron chi connectivity index (χ0n) is 21.1. The third kappa shape index (κ3) is 5.26. The van der Waals surface area contributed by atoms with Crippen LogP contribution in [0.4, 0.5) is 5.82 Å². The summed E-state index contributed by atoms with van der Waals surface area (Å²) in [5.41, 5.74) is 8.75. The number of hydrogen-bond acceptors (Lipinski definition) is 8. The minimum absolute atomic E-state index is 0.0146. The van der Waals surface area contributed by atoms with E-state index in [1.165, 1.54) is 10.9 Å². The van der Waals surface area contributed by atoms with E-state index in [0.29, 0.717) is 18.2 Å². The molecule has 3 atom stereocenters. The molecule has 196 valence electrons. The highest BCUT2D eigenvalue weighted by Crippen LogP contribution is 2.34. The fraction of sp³-hybridized carbons (Fsp3) is 0.556. The first-order chi connectivity index (χ1) is 18.1. The molecule has 0 bridgehead atoms. The van der Waals surface area contributed by atoms with Crippen molar-refractivity contribution in [3.05, 3.63) is 41.9 Å². The Morgan fingerprint density at radius 3 is 2.86 bits per heavy atom. The minimum atomic E-state index is -0.228. The molecule has 0 aromatic carbocycles. The number of fused-ring (bicyclic) bond motifs is 1. The van der Waals surface area contributed by atoms with Gasteiger partial charge in [-0.15, -0.1) is 0 Å². The summed E-state index contributed by atoms with van der Waals surface area (Å²) in [5, 5.41) is 4.27. The zero-order chi connectivity index (χ0) is 25.2. The molecule has 3 aromatic rings. The molecule has 3 aromatic heterocycles. The first-order valence-corrected chi connectivity index (χ1v) is 13.5. The first kappa shape index (κ1) is 24.1. The van der Waals surface area contributed by atoms with Gasteiger partial charge in [0.25, 0.3) is 5.91 Å². The molecule has 0 unspecified atom stereocenters. The monoisotopic (exact) mass is 505 g/mol. The van der Waals surface area contributed by atoms with Gasteiger partial charge in [0.15, 0.2) is 0 Å². The van der Waals surface area contributed by atoms with Gasteiger partial charge in [0.2, 0.25) is 0 Å². The molecule has 0 spiro atoms. The number of carbonyl (C=O) groups excluding carboxylic acids is 1. The second-order valence-corrected chi connectivity index (χ2v) is 10.4. The summed E-state index contributed by atoms with van der Waals surface area (Å²) in [6, 6.07) is 6.08. The molecular formula is C27H35N7O3. The van der Waals surface area contributed by atoms with Crippen LogP contribution >= 0.6 is 0 Å². The van der Waals surface area contributed by atoms with Crippen LogP contribution in [0.3, 0.4) is 0 Å². The van der Waals surface area contributed by atoms with Crippen molar-refractivity contribution >= 4 is 22.8 Å². The smallest absolute Gasteiger partial charge is 0.319 e. The fourth-order valence-electron chi connectivity index (χ4n) is 5.84. The highest BCUT2D eigenvalue weighted by Gasteiger charge is 2.28. The van der Waals surface area contributed by atoms with Gasteiger partial charge in [-0.3, -0.25) is 4.79 Å². The molecule has 10 nitrogen and oxygen atoms in total. The van der Waals surface area contributed by atoms with Gasteiger partial charge in [-0.1, -0.05) is 0 Å². The molecule has 1 saturated carbocycles. The fourth-order valence-corrected chi connectivity index (χ4v) is 5.84. The lowest BCUT2D eigenvalue weighted by molar-refractivity contribution is 0.0643. The summed E-state index contributed by atoms with van der Waals surface area (Å²) >= 11 is 0. The van der Waals surface area contributed by atoms with E-state index in [4.69, 9.17) is 20.2 Å². The largest absolute Gasteiger partial charge is 0.461 e. The Morgan fingerprint density at radius 1 is 1.19 bits per heavy atom. The van der Waals surface area contributed by atoms with Crippen LogP contribution in [0.2, 0.25) is 0 Å². The van der Waals surface area contributed by atoms with Crippen molar-refractivity contribution < 1.29 is 14.3 Å². The molecule has 4 N–H and O–H groups in total. The maximum atomic E-state index is 13.2. The molecule has 3 aliphatic rings. The number of hydrogen-bond donors (Lipinski definition) is 3. The van der Waals surface area contributed by atoms with Crippen LogP contribution in [0.5, 0.6) is 6.01 Å². The highest BCUT2D eigenvalue weighted by molar-refractivity contribution is 5.93. The van der Waals surface area contributed by atoms with Gasteiger partial charge >= 0.3 is 6.01 Å². The van der Waals surface area contributed by atoms with E-state index in [9.17, 15) is 4.79 Å². The predicted molar refractivity (Wildman–Crippen MR) is 140 cm³/mol. The average molecular weight is 506 g/mol. The van der Waals surface area contributed by atoms with Crippen LogP contribution in [-0.2, 0) is 4.74 Å². The number of nitrogens with zero attached hydrogens (tertiary/aromatic N) is 4. The summed E-state index contributed by atoms with van der Waals surface area (Å²) in [6.07, 6.45) is 10.8. The van der Waals surface area contributed by atoms with Gasteiger partial charge in [-0.25, -0.2) is 4.98 Å². The normalized spacial score (nSPS) is 24.6. The van der Waals surface area contributed by atoms with Crippen LogP contribution in [0.15, 0.2) is 30.6 Å². The van der Waals surface area contributed by atoms with Crippen LogP contribution in [0, 0.1) is 0 Å². The third-order valence-electron chi connectivity index (χ3n) is 7.97. The second kappa shape index (κ2) is 10.6. The second-order valence-electron chi connectivity index (χ2n) is 10.4. The maximum Gasteiger partial charge on any atom is 0.319 e. The van der Waals surface area contributed by atoms with Gasteiger partial charge in [0, 0.05) is 55.6 Å². The number of rotatable bonds is 7. The van der Waals surface area contributed by atoms with Gasteiger partial charge in [-0.2, -0.15) is 9.97 Å². The van der Waals surface area contributed by atoms with E-state index in [1.807, 2.05) is 12.3 Å². The van der Waals surface area contributed by atoms with Gasteiger partial charge < -0.3 is 30.4 Å². The number of nitrogens with one attached hydrogen (secondary N) is 2. The standard InChI is InChI=1S/C27H35N7O3/c28-21-6-1-7-22(21)31-26(35)23-14-24(33-27(32-23)37-16-18-4-3-13-36-18)34-11-8-17(9-12-34)20-15-30-25-19(20)5-2-10-29-25/h2,5,10,14-15,17-18,21-22H,1,3-4,6-9,11-13,16,28H2,(H,29,30)(H,31,35)/t18-,21+,22-/m1/s1. The van der Waals surface area contributed by atoms with Crippen molar-refractivity contribution in [1.82, 2.24) is 25.3 Å². The molecule has 10 heteroatoms. The van der Waals surface area contributed by atoms with Crippen LogP contribution in [-0.4, -0.2) is 70.3 Å². The molecular weight excluding hydrogens is 470 g/mol. The number of nitrogens with two attached hydrogens (primary N) is 1. The zero-order valence-corrected chi connectivity index (χ0v) is 21.1. The molecule has 0 radical (unpaired) electrons. The summed E-state index contributed by atoms with van der Waals surface area (Å²) in [6.45, 7) is 2.79. The molecule has 1 aliphatic carbocycles. The number of aromatic amines is 1. The molecule has 2 aliphatic heterocycles. The summed E-state index contributed by atoms with van der Waals surface area (Å²) in [7, 11) is 0. The Labute approximate surface area is 216 Å². The molecule has 2 saturated heterocycles. The minimum Gasteiger partial charge on any atom is -0.461 e. The van der Waals surface area contributed by atoms with Crippen molar-refractivity contribution in [2.75, 3.05) is 31.2 Å². The van der Waals surface area contributed by atoms with E-state index in [0.717, 1.165) is 76.1 Å². The van der Waals surface area contributed by atoms with Crippen molar-refractivity contribution in [3.8, 4) is 6.01 Å². The quantitative estimate of drug-likeness (QED) is 0.447. The molecule has 1 amide bonds. The molecule has 6 rings (SSSR count). The Kier molecular flexibility index (Phi) is 6.93. The average Bonchev–Trinajstić information content (AvgIpc) is 3.69. The third-order valence-corrected chi connectivity index (χ3v) is 7.97. The number of amides is 1. The van der Waals surface area contributed by atoms with Gasteiger partial charge in [0.1, 0.15) is 23.8 Å². The Bertz CT molecular complexity index is 1230. The van der Waals surface area contributed by atoms with Crippen LogP contribution in [0.1, 0.15) is 66.9 Å².